The van der Waals surface area contributed by atoms with E-state index in [1.165, 1.54) is 5.56 Å². The van der Waals surface area contributed by atoms with Crippen molar-refractivity contribution in [3.63, 3.8) is 0 Å². The van der Waals surface area contributed by atoms with Gasteiger partial charge in [-0.2, -0.15) is 0 Å². The predicted molar refractivity (Wildman–Crippen MR) is 80.1 cm³/mol. The molecule has 0 radical (unpaired) electrons. The van der Waals surface area contributed by atoms with Crippen LogP contribution >= 0.6 is 11.6 Å². The number of rotatable bonds is 3. The van der Waals surface area contributed by atoms with Crippen molar-refractivity contribution in [1.82, 2.24) is 0 Å². The highest BCUT2D eigenvalue weighted by Crippen LogP contribution is 2.36. The van der Waals surface area contributed by atoms with Gasteiger partial charge in [-0.1, -0.05) is 55.8 Å². The van der Waals surface area contributed by atoms with Crippen LogP contribution in [-0.4, -0.2) is 0 Å². The van der Waals surface area contributed by atoms with E-state index in [0.29, 0.717) is 0 Å². The number of hydrogen-bond acceptors (Lipinski definition) is 1. The molecule has 0 saturated carbocycles. The maximum absolute atomic E-state index is 6.50. The van der Waals surface area contributed by atoms with Gasteiger partial charge in [0.1, 0.15) is 0 Å². The zero-order valence-electron chi connectivity index (χ0n) is 10.8. The third kappa shape index (κ3) is 2.23. The van der Waals surface area contributed by atoms with Crippen molar-refractivity contribution < 1.29 is 0 Å². The van der Waals surface area contributed by atoms with Crippen molar-refractivity contribution in [1.29, 1.82) is 0 Å². The SMILES string of the molecule is CCc1cc(-c2ccccc2)c(Cl)c(CC)c1N. The summed E-state index contributed by atoms with van der Waals surface area (Å²) in [4.78, 5) is 0. The molecular formula is C16H18ClN. The molecule has 0 fully saturated rings. The summed E-state index contributed by atoms with van der Waals surface area (Å²) in [5.74, 6) is 0. The molecule has 18 heavy (non-hydrogen) atoms. The number of nitrogen functional groups attached to an aromatic ring is 1. The van der Waals surface area contributed by atoms with E-state index in [-0.39, 0.29) is 0 Å². The Balaban J connectivity index is 2.68. The second-order valence-electron chi connectivity index (χ2n) is 4.36. The van der Waals surface area contributed by atoms with Gasteiger partial charge in [-0.05, 0) is 35.6 Å². The zero-order valence-corrected chi connectivity index (χ0v) is 11.6. The second kappa shape index (κ2) is 5.45. The standard InChI is InChI=1S/C16H18ClN/c1-3-11-10-14(12-8-6-5-7-9-12)15(17)13(4-2)16(11)18/h5-10H,3-4,18H2,1-2H3. The molecule has 0 heterocycles. The van der Waals surface area contributed by atoms with Gasteiger partial charge >= 0.3 is 0 Å². The van der Waals surface area contributed by atoms with Crippen LogP contribution in [0.4, 0.5) is 5.69 Å². The van der Waals surface area contributed by atoms with E-state index in [9.17, 15) is 0 Å². The number of hydrogen-bond donors (Lipinski definition) is 1. The van der Waals surface area contributed by atoms with Gasteiger partial charge in [0.25, 0.3) is 0 Å². The van der Waals surface area contributed by atoms with Crippen LogP contribution in [0.5, 0.6) is 0 Å². The number of anilines is 1. The maximum Gasteiger partial charge on any atom is 0.0537 e. The Hall–Kier alpha value is -1.47. The van der Waals surface area contributed by atoms with E-state index < -0.39 is 0 Å². The predicted octanol–water partition coefficient (Wildman–Crippen LogP) is 4.71. The van der Waals surface area contributed by atoms with E-state index >= 15 is 0 Å². The number of benzene rings is 2. The van der Waals surface area contributed by atoms with Crippen LogP contribution in [0.25, 0.3) is 11.1 Å². The minimum atomic E-state index is 0.790. The quantitative estimate of drug-likeness (QED) is 0.794. The highest BCUT2D eigenvalue weighted by atomic mass is 35.5. The topological polar surface area (TPSA) is 26.0 Å². The van der Waals surface area contributed by atoms with Gasteiger partial charge in [0.15, 0.2) is 0 Å². The Bertz CT molecular complexity index is 547. The van der Waals surface area contributed by atoms with E-state index in [1.54, 1.807) is 0 Å². The van der Waals surface area contributed by atoms with Crippen molar-refractivity contribution in [3.8, 4) is 11.1 Å². The minimum absolute atomic E-state index is 0.790. The van der Waals surface area contributed by atoms with Gasteiger partial charge in [0, 0.05) is 11.3 Å². The van der Waals surface area contributed by atoms with E-state index in [1.807, 2.05) is 18.2 Å². The summed E-state index contributed by atoms with van der Waals surface area (Å²) in [7, 11) is 0. The molecule has 0 unspecified atom stereocenters. The molecule has 0 aliphatic heterocycles. The highest BCUT2D eigenvalue weighted by Gasteiger charge is 2.13. The molecule has 2 aromatic carbocycles. The second-order valence-corrected chi connectivity index (χ2v) is 4.74. The first-order chi connectivity index (χ1) is 8.69. The fourth-order valence-electron chi connectivity index (χ4n) is 2.26. The summed E-state index contributed by atoms with van der Waals surface area (Å²) < 4.78 is 0. The summed E-state index contributed by atoms with van der Waals surface area (Å²) in [6.07, 6.45) is 1.79. The molecule has 0 atom stereocenters. The van der Waals surface area contributed by atoms with Gasteiger partial charge < -0.3 is 5.73 Å². The number of nitrogens with two attached hydrogens (primary N) is 1. The summed E-state index contributed by atoms with van der Waals surface area (Å²) in [5.41, 5.74) is 11.5. The summed E-state index contributed by atoms with van der Waals surface area (Å²) in [6.45, 7) is 4.21. The van der Waals surface area contributed by atoms with Crippen molar-refractivity contribution in [2.24, 2.45) is 0 Å². The monoisotopic (exact) mass is 259 g/mol. The first kappa shape index (κ1) is 13.0. The zero-order chi connectivity index (χ0) is 13.1. The average Bonchev–Trinajstić information content (AvgIpc) is 2.41. The lowest BCUT2D eigenvalue weighted by Gasteiger charge is -2.15. The molecule has 2 heteroatoms. The van der Waals surface area contributed by atoms with Gasteiger partial charge in [-0.15, -0.1) is 0 Å². The summed E-state index contributed by atoms with van der Waals surface area (Å²) in [6, 6.07) is 12.3. The lowest BCUT2D eigenvalue weighted by Crippen LogP contribution is -2.01. The molecule has 0 amide bonds. The summed E-state index contributed by atoms with van der Waals surface area (Å²) >= 11 is 6.50. The summed E-state index contributed by atoms with van der Waals surface area (Å²) in [5, 5.41) is 0.790. The number of halogens is 1. The molecule has 1 nitrogen and oxygen atoms in total. The Kier molecular flexibility index (Phi) is 3.93. The van der Waals surface area contributed by atoms with Crippen LogP contribution < -0.4 is 5.73 Å². The highest BCUT2D eigenvalue weighted by molar-refractivity contribution is 6.34. The Morgan fingerprint density at radius 1 is 1.06 bits per heavy atom. The smallest absolute Gasteiger partial charge is 0.0537 e. The molecule has 0 spiro atoms. The molecule has 0 bridgehead atoms. The molecule has 0 aromatic heterocycles. The van der Waals surface area contributed by atoms with Crippen LogP contribution in [0, 0.1) is 0 Å². The Morgan fingerprint density at radius 3 is 2.28 bits per heavy atom. The third-order valence-corrected chi connectivity index (χ3v) is 3.74. The van der Waals surface area contributed by atoms with Crippen molar-refractivity contribution in [2.75, 3.05) is 5.73 Å². The first-order valence-corrected chi connectivity index (χ1v) is 6.71. The van der Waals surface area contributed by atoms with E-state index in [0.717, 1.165) is 40.2 Å². The lowest BCUT2D eigenvalue weighted by atomic mass is 9.95. The lowest BCUT2D eigenvalue weighted by molar-refractivity contribution is 1.10. The molecule has 2 rings (SSSR count). The Labute approximate surface area is 114 Å². The molecule has 0 saturated heterocycles. The van der Waals surface area contributed by atoms with Crippen LogP contribution in [-0.2, 0) is 12.8 Å². The fraction of sp³-hybridized carbons (Fsp3) is 0.250. The molecule has 0 aliphatic carbocycles. The van der Waals surface area contributed by atoms with Gasteiger partial charge in [-0.3, -0.25) is 0 Å². The van der Waals surface area contributed by atoms with E-state index in [2.05, 4.69) is 32.0 Å². The van der Waals surface area contributed by atoms with Crippen LogP contribution in [0.3, 0.4) is 0 Å². The first-order valence-electron chi connectivity index (χ1n) is 6.34. The molecule has 2 N–H and O–H groups in total. The van der Waals surface area contributed by atoms with Crippen molar-refractivity contribution in [2.45, 2.75) is 26.7 Å². The van der Waals surface area contributed by atoms with Crippen molar-refractivity contribution in [3.05, 3.63) is 52.5 Å². The van der Waals surface area contributed by atoms with Gasteiger partial charge in [0.05, 0.1) is 5.02 Å². The van der Waals surface area contributed by atoms with Crippen molar-refractivity contribution >= 4 is 17.3 Å². The normalized spacial score (nSPS) is 10.6. The minimum Gasteiger partial charge on any atom is -0.398 e. The molecule has 0 aliphatic rings. The molecule has 94 valence electrons. The fourth-order valence-corrected chi connectivity index (χ4v) is 2.65. The van der Waals surface area contributed by atoms with E-state index in [4.69, 9.17) is 17.3 Å². The Morgan fingerprint density at radius 2 is 1.72 bits per heavy atom. The van der Waals surface area contributed by atoms with Gasteiger partial charge in [-0.25, -0.2) is 0 Å². The van der Waals surface area contributed by atoms with Crippen LogP contribution in [0.15, 0.2) is 36.4 Å². The van der Waals surface area contributed by atoms with Gasteiger partial charge in [0.2, 0.25) is 0 Å². The maximum atomic E-state index is 6.50. The van der Waals surface area contributed by atoms with Crippen LogP contribution in [0.1, 0.15) is 25.0 Å². The van der Waals surface area contributed by atoms with Crippen LogP contribution in [0.2, 0.25) is 5.02 Å². The largest absolute Gasteiger partial charge is 0.398 e. The molecular weight excluding hydrogens is 242 g/mol. The average molecular weight is 260 g/mol. The molecule has 2 aromatic rings. The number of aryl methyl sites for hydroxylation is 1. The third-order valence-electron chi connectivity index (χ3n) is 3.31.